The minimum atomic E-state index is 0.0594. The van der Waals surface area contributed by atoms with Gasteiger partial charge in [-0.15, -0.1) is 0 Å². The van der Waals surface area contributed by atoms with E-state index >= 15 is 0 Å². The van der Waals surface area contributed by atoms with Gasteiger partial charge in [0.1, 0.15) is 5.75 Å². The number of carbonyl (C=O) groups is 1. The van der Waals surface area contributed by atoms with Gasteiger partial charge in [0.05, 0.1) is 12.2 Å². The van der Waals surface area contributed by atoms with Gasteiger partial charge in [-0.1, -0.05) is 12.1 Å². The van der Waals surface area contributed by atoms with Crippen LogP contribution in [0.2, 0.25) is 0 Å². The molecule has 0 N–H and O–H groups in total. The minimum absolute atomic E-state index is 0.0594. The summed E-state index contributed by atoms with van der Waals surface area (Å²) in [6.07, 6.45) is 1.18. The lowest BCUT2D eigenvalue weighted by Gasteiger charge is -2.14. The molecule has 1 fully saturated rings. The van der Waals surface area contributed by atoms with Crippen LogP contribution in [0.15, 0.2) is 24.3 Å². The van der Waals surface area contributed by atoms with Gasteiger partial charge in [0.15, 0.2) is 5.78 Å². The molecule has 0 amide bonds. The van der Waals surface area contributed by atoms with Gasteiger partial charge in [-0.2, -0.15) is 0 Å². The number of ether oxygens (including phenoxy) is 1. The number of Topliss-reactive ketones (excluding diaryl/α,β-unsaturated/α-hetero) is 1. The van der Waals surface area contributed by atoms with Crippen LogP contribution in [0.1, 0.15) is 23.7 Å². The Kier molecular flexibility index (Phi) is 3.79. The molecule has 3 heteroatoms. The average molecular weight is 233 g/mol. The van der Waals surface area contributed by atoms with E-state index in [1.54, 1.807) is 6.92 Å². The zero-order chi connectivity index (χ0) is 12.3. The lowest BCUT2D eigenvalue weighted by Crippen LogP contribution is -2.18. The highest BCUT2D eigenvalue weighted by atomic mass is 16.5. The van der Waals surface area contributed by atoms with Crippen molar-refractivity contribution < 1.29 is 9.53 Å². The molecule has 1 atom stereocenters. The number of rotatable bonds is 4. The van der Waals surface area contributed by atoms with E-state index in [4.69, 9.17) is 4.74 Å². The standard InChI is InChI=1S/C14H19NO2/c1-11(16)13-5-3-4-6-14(13)17-10-12-7-8-15(2)9-12/h3-6,12H,7-10H2,1-2H3. The number of carbonyl (C=O) groups excluding carboxylic acids is 1. The Balaban J connectivity index is 1.97. The summed E-state index contributed by atoms with van der Waals surface area (Å²) in [5, 5.41) is 0. The van der Waals surface area contributed by atoms with Crippen LogP contribution < -0.4 is 4.74 Å². The van der Waals surface area contributed by atoms with E-state index in [0.29, 0.717) is 18.1 Å². The lowest BCUT2D eigenvalue weighted by molar-refractivity contribution is 0.101. The quantitative estimate of drug-likeness (QED) is 0.747. The van der Waals surface area contributed by atoms with Gasteiger partial charge < -0.3 is 9.64 Å². The molecule has 0 aliphatic carbocycles. The van der Waals surface area contributed by atoms with Crippen LogP contribution >= 0.6 is 0 Å². The first-order valence-electron chi connectivity index (χ1n) is 6.08. The van der Waals surface area contributed by atoms with Crippen molar-refractivity contribution in [3.8, 4) is 5.75 Å². The highest BCUT2D eigenvalue weighted by Gasteiger charge is 2.20. The summed E-state index contributed by atoms with van der Waals surface area (Å²) in [5.41, 5.74) is 0.679. The van der Waals surface area contributed by atoms with Crippen molar-refractivity contribution in [1.29, 1.82) is 0 Å². The van der Waals surface area contributed by atoms with Crippen molar-refractivity contribution in [2.75, 3.05) is 26.7 Å². The number of hydrogen-bond donors (Lipinski definition) is 0. The molecule has 92 valence electrons. The van der Waals surface area contributed by atoms with Gasteiger partial charge in [-0.05, 0) is 39.1 Å². The van der Waals surface area contributed by atoms with Gasteiger partial charge in [0, 0.05) is 12.5 Å². The molecular formula is C14H19NO2. The Bertz CT molecular complexity index is 403. The van der Waals surface area contributed by atoms with Crippen molar-refractivity contribution in [2.45, 2.75) is 13.3 Å². The van der Waals surface area contributed by atoms with Gasteiger partial charge >= 0.3 is 0 Å². The Morgan fingerprint density at radius 1 is 1.47 bits per heavy atom. The number of likely N-dealkylation sites (tertiary alicyclic amines) is 1. The third-order valence-electron chi connectivity index (χ3n) is 3.23. The van der Waals surface area contributed by atoms with Crippen LogP contribution in [-0.4, -0.2) is 37.4 Å². The predicted molar refractivity (Wildman–Crippen MR) is 67.5 cm³/mol. The molecule has 0 radical (unpaired) electrons. The Morgan fingerprint density at radius 3 is 2.88 bits per heavy atom. The van der Waals surface area contributed by atoms with E-state index in [-0.39, 0.29) is 5.78 Å². The maximum atomic E-state index is 11.4. The SMILES string of the molecule is CC(=O)c1ccccc1OCC1CCN(C)C1. The summed E-state index contributed by atoms with van der Waals surface area (Å²) in [7, 11) is 2.13. The van der Waals surface area contributed by atoms with Crippen molar-refractivity contribution >= 4 is 5.78 Å². The second-order valence-corrected chi connectivity index (χ2v) is 4.78. The van der Waals surface area contributed by atoms with Crippen LogP contribution in [-0.2, 0) is 0 Å². The van der Waals surface area contributed by atoms with E-state index < -0.39 is 0 Å². The van der Waals surface area contributed by atoms with Crippen molar-refractivity contribution in [3.05, 3.63) is 29.8 Å². The number of para-hydroxylation sites is 1. The molecule has 17 heavy (non-hydrogen) atoms. The van der Waals surface area contributed by atoms with Crippen molar-refractivity contribution in [1.82, 2.24) is 4.90 Å². The normalized spacial score (nSPS) is 20.5. The monoisotopic (exact) mass is 233 g/mol. The smallest absolute Gasteiger partial charge is 0.163 e. The summed E-state index contributed by atoms with van der Waals surface area (Å²) in [6, 6.07) is 7.46. The number of hydrogen-bond acceptors (Lipinski definition) is 3. The van der Waals surface area contributed by atoms with Gasteiger partial charge in [0.25, 0.3) is 0 Å². The van der Waals surface area contributed by atoms with E-state index in [9.17, 15) is 4.79 Å². The third-order valence-corrected chi connectivity index (χ3v) is 3.23. The van der Waals surface area contributed by atoms with Crippen LogP contribution in [0.5, 0.6) is 5.75 Å². The van der Waals surface area contributed by atoms with E-state index in [1.807, 2.05) is 24.3 Å². The van der Waals surface area contributed by atoms with Crippen LogP contribution in [0.3, 0.4) is 0 Å². The molecule has 0 bridgehead atoms. The highest BCUT2D eigenvalue weighted by Crippen LogP contribution is 2.21. The maximum absolute atomic E-state index is 11.4. The molecule has 1 aliphatic rings. The molecule has 1 unspecified atom stereocenters. The van der Waals surface area contributed by atoms with Gasteiger partial charge in [0.2, 0.25) is 0 Å². The fourth-order valence-electron chi connectivity index (χ4n) is 2.25. The molecule has 1 aliphatic heterocycles. The first kappa shape index (κ1) is 12.1. The molecule has 2 rings (SSSR count). The third kappa shape index (κ3) is 3.07. The van der Waals surface area contributed by atoms with Gasteiger partial charge in [-0.25, -0.2) is 0 Å². The van der Waals surface area contributed by atoms with Crippen LogP contribution in [0, 0.1) is 5.92 Å². The molecule has 0 saturated carbocycles. The Morgan fingerprint density at radius 2 is 2.24 bits per heavy atom. The van der Waals surface area contributed by atoms with E-state index in [0.717, 1.165) is 18.8 Å². The minimum Gasteiger partial charge on any atom is -0.492 e. The van der Waals surface area contributed by atoms with Gasteiger partial charge in [-0.3, -0.25) is 4.79 Å². The average Bonchev–Trinajstić information content (AvgIpc) is 2.73. The molecule has 1 aromatic carbocycles. The molecule has 1 heterocycles. The topological polar surface area (TPSA) is 29.5 Å². The first-order valence-corrected chi connectivity index (χ1v) is 6.08. The Hall–Kier alpha value is -1.35. The van der Waals surface area contributed by atoms with Crippen molar-refractivity contribution in [2.24, 2.45) is 5.92 Å². The largest absolute Gasteiger partial charge is 0.492 e. The summed E-state index contributed by atoms with van der Waals surface area (Å²) in [4.78, 5) is 13.7. The zero-order valence-electron chi connectivity index (χ0n) is 10.5. The zero-order valence-corrected chi connectivity index (χ0v) is 10.5. The maximum Gasteiger partial charge on any atom is 0.163 e. The van der Waals surface area contributed by atoms with E-state index in [2.05, 4.69) is 11.9 Å². The fourth-order valence-corrected chi connectivity index (χ4v) is 2.25. The van der Waals surface area contributed by atoms with E-state index in [1.165, 1.54) is 6.42 Å². The summed E-state index contributed by atoms with van der Waals surface area (Å²) < 4.78 is 5.78. The number of benzene rings is 1. The molecule has 1 saturated heterocycles. The lowest BCUT2D eigenvalue weighted by atomic mass is 10.1. The van der Waals surface area contributed by atoms with Crippen molar-refractivity contribution in [3.63, 3.8) is 0 Å². The molecular weight excluding hydrogens is 214 g/mol. The summed E-state index contributed by atoms with van der Waals surface area (Å²) >= 11 is 0. The molecule has 1 aromatic rings. The Labute approximate surface area is 102 Å². The fraction of sp³-hybridized carbons (Fsp3) is 0.500. The second kappa shape index (κ2) is 5.32. The number of nitrogens with zero attached hydrogens (tertiary/aromatic N) is 1. The highest BCUT2D eigenvalue weighted by molar-refractivity contribution is 5.96. The van der Waals surface area contributed by atoms with Crippen LogP contribution in [0.25, 0.3) is 0 Å². The second-order valence-electron chi connectivity index (χ2n) is 4.78. The summed E-state index contributed by atoms with van der Waals surface area (Å²) in [6.45, 7) is 4.50. The summed E-state index contributed by atoms with van der Waals surface area (Å²) in [5.74, 6) is 1.36. The molecule has 0 spiro atoms. The molecule has 0 aromatic heterocycles. The van der Waals surface area contributed by atoms with Crippen LogP contribution in [0.4, 0.5) is 0 Å². The predicted octanol–water partition coefficient (Wildman–Crippen LogP) is 2.22. The first-order chi connectivity index (χ1) is 8.16. The molecule has 3 nitrogen and oxygen atoms in total. The number of ketones is 1.